The van der Waals surface area contributed by atoms with Crippen LogP contribution in [0.25, 0.3) is 16.4 Å². The van der Waals surface area contributed by atoms with Gasteiger partial charge in [-0.3, -0.25) is 14.0 Å². The van der Waals surface area contributed by atoms with E-state index in [1.807, 2.05) is 39.0 Å². The number of methoxy groups -OCH3 is 1. The minimum absolute atomic E-state index is 0.00482. The quantitative estimate of drug-likeness (QED) is 0.259. The van der Waals surface area contributed by atoms with Crippen molar-refractivity contribution in [3.05, 3.63) is 82.0 Å². The number of nitrogens with zero attached hydrogens (tertiary/aromatic N) is 4. The van der Waals surface area contributed by atoms with Crippen molar-refractivity contribution in [1.82, 2.24) is 24.6 Å². The van der Waals surface area contributed by atoms with E-state index in [4.69, 9.17) is 14.2 Å². The number of nitrogens with one attached hydrogen (secondary N) is 1. The summed E-state index contributed by atoms with van der Waals surface area (Å²) in [5.41, 5.74) is 0.648. The van der Waals surface area contributed by atoms with Crippen LogP contribution in [0.5, 0.6) is 5.88 Å². The first-order chi connectivity index (χ1) is 21.5. The van der Waals surface area contributed by atoms with Crippen molar-refractivity contribution in [2.45, 2.75) is 58.7 Å². The highest BCUT2D eigenvalue weighted by atomic mass is 16.6. The van der Waals surface area contributed by atoms with E-state index < -0.39 is 17.5 Å². The van der Waals surface area contributed by atoms with Crippen LogP contribution in [0.2, 0.25) is 0 Å². The summed E-state index contributed by atoms with van der Waals surface area (Å²) in [7, 11) is 1.27. The monoisotopic (exact) mass is 615 g/mol. The lowest BCUT2D eigenvalue weighted by molar-refractivity contribution is -0.143. The van der Waals surface area contributed by atoms with E-state index in [0.29, 0.717) is 35.7 Å². The summed E-state index contributed by atoms with van der Waals surface area (Å²) in [6.07, 6.45) is 4.55. The Kier molecular flexibility index (Phi) is 9.31. The molecule has 4 aromatic rings. The molecule has 0 atom stereocenters. The van der Waals surface area contributed by atoms with Crippen molar-refractivity contribution >= 4 is 34.4 Å². The lowest BCUT2D eigenvalue weighted by atomic mass is 9.85. The van der Waals surface area contributed by atoms with Crippen molar-refractivity contribution in [2.75, 3.05) is 20.3 Å². The summed E-state index contributed by atoms with van der Waals surface area (Å²) >= 11 is 0. The molecule has 12 heteroatoms. The average molecular weight is 616 g/mol. The highest BCUT2D eigenvalue weighted by Crippen LogP contribution is 2.30. The number of carbonyl (C=O) groups is 3. The number of hydrogen-bond acceptors (Lipinski definition) is 9. The van der Waals surface area contributed by atoms with Crippen LogP contribution in [-0.4, -0.2) is 63.1 Å². The molecule has 0 radical (unpaired) electrons. The van der Waals surface area contributed by atoms with Gasteiger partial charge in [0.15, 0.2) is 6.61 Å². The average Bonchev–Trinajstić information content (AvgIpc) is 2.98. The van der Waals surface area contributed by atoms with Crippen LogP contribution in [0, 0.1) is 5.92 Å². The molecule has 0 saturated heterocycles. The third-order valence-corrected chi connectivity index (χ3v) is 7.43. The molecule has 3 aromatic heterocycles. The summed E-state index contributed by atoms with van der Waals surface area (Å²) in [5, 5.41) is 4.15. The topological polar surface area (TPSA) is 141 Å². The summed E-state index contributed by atoms with van der Waals surface area (Å²) < 4.78 is 17.5. The summed E-state index contributed by atoms with van der Waals surface area (Å²) in [4.78, 5) is 61.0. The second-order valence-corrected chi connectivity index (χ2v) is 12.1. The zero-order valence-corrected chi connectivity index (χ0v) is 25.9. The Morgan fingerprint density at radius 3 is 2.58 bits per heavy atom. The number of hydrogen-bond donors (Lipinski definition) is 1. The smallest absolute Gasteiger partial charge is 0.410 e. The number of benzene rings is 1. The minimum atomic E-state index is -0.619. The van der Waals surface area contributed by atoms with Crippen LogP contribution in [-0.2, 0) is 27.4 Å². The molecule has 0 aliphatic heterocycles. The zero-order valence-electron chi connectivity index (χ0n) is 25.9. The van der Waals surface area contributed by atoms with Crippen molar-refractivity contribution in [2.24, 2.45) is 5.92 Å². The minimum Gasteiger partial charge on any atom is -0.466 e. The van der Waals surface area contributed by atoms with E-state index >= 15 is 0 Å². The molecular weight excluding hydrogens is 578 g/mol. The standard InChI is InChI=1S/C33H37N5O7/c1-33(2,3)45-32(42)37(18-21-8-7-9-21)19-22-11-12-25-23(14-22)15-24(35-31(25)44-20-29(40)43-4)17-34-30(41)26-16-28(39)38-13-6-5-10-27(38)36-26/h5-6,10-16,21H,7-9,17-20H2,1-4H3,(H,34,41). The molecule has 5 rings (SSSR count). The predicted octanol–water partition coefficient (Wildman–Crippen LogP) is 4.26. The molecule has 1 aliphatic carbocycles. The fraction of sp³-hybridized carbons (Fsp3) is 0.394. The number of rotatable bonds is 10. The van der Waals surface area contributed by atoms with Gasteiger partial charge in [-0.15, -0.1) is 0 Å². The Hall–Kier alpha value is -5.00. The molecule has 3 heterocycles. The number of carbonyl (C=O) groups excluding carboxylic acids is 3. The van der Waals surface area contributed by atoms with Gasteiger partial charge in [0.05, 0.1) is 19.3 Å². The molecule has 1 aliphatic rings. The molecule has 1 aromatic carbocycles. The summed E-state index contributed by atoms with van der Waals surface area (Å²) in [5.74, 6) is -0.480. The largest absolute Gasteiger partial charge is 0.466 e. The molecular formula is C33H37N5O7. The van der Waals surface area contributed by atoms with Crippen molar-refractivity contribution in [3.8, 4) is 5.88 Å². The highest BCUT2D eigenvalue weighted by Gasteiger charge is 2.27. The van der Waals surface area contributed by atoms with Crippen molar-refractivity contribution in [1.29, 1.82) is 0 Å². The van der Waals surface area contributed by atoms with Gasteiger partial charge in [0, 0.05) is 30.7 Å². The first-order valence-electron chi connectivity index (χ1n) is 14.9. The maximum Gasteiger partial charge on any atom is 0.410 e. The van der Waals surface area contributed by atoms with Gasteiger partial charge in [0.25, 0.3) is 11.5 Å². The number of amides is 2. The predicted molar refractivity (Wildman–Crippen MR) is 166 cm³/mol. The Morgan fingerprint density at radius 1 is 1.07 bits per heavy atom. The van der Waals surface area contributed by atoms with Crippen LogP contribution < -0.4 is 15.6 Å². The van der Waals surface area contributed by atoms with Crippen LogP contribution in [0.4, 0.5) is 4.79 Å². The Morgan fingerprint density at radius 2 is 1.87 bits per heavy atom. The third-order valence-electron chi connectivity index (χ3n) is 7.43. The first kappa shape index (κ1) is 31.4. The molecule has 2 amide bonds. The number of aromatic nitrogens is 3. The second kappa shape index (κ2) is 13.3. The molecule has 45 heavy (non-hydrogen) atoms. The van der Waals surface area contributed by atoms with Crippen LogP contribution >= 0.6 is 0 Å². The fourth-order valence-corrected chi connectivity index (χ4v) is 4.98. The SMILES string of the molecule is COC(=O)COc1nc(CNC(=O)c2cc(=O)n3ccccc3n2)cc2cc(CN(CC3CCC3)C(=O)OC(C)(C)C)ccc12. The summed E-state index contributed by atoms with van der Waals surface area (Å²) in [6.45, 7) is 6.14. The number of pyridine rings is 2. The molecule has 0 spiro atoms. The van der Waals surface area contributed by atoms with E-state index in [9.17, 15) is 19.2 Å². The Balaban J connectivity index is 1.41. The first-order valence-corrected chi connectivity index (χ1v) is 14.9. The fourth-order valence-electron chi connectivity index (χ4n) is 4.98. The molecule has 1 N–H and O–H groups in total. The van der Waals surface area contributed by atoms with E-state index in [0.717, 1.165) is 30.2 Å². The molecule has 0 bridgehead atoms. The number of ether oxygens (including phenoxy) is 3. The molecule has 1 fully saturated rings. The van der Waals surface area contributed by atoms with Crippen LogP contribution in [0.1, 0.15) is 61.8 Å². The highest BCUT2D eigenvalue weighted by molar-refractivity contribution is 5.93. The van der Waals surface area contributed by atoms with Gasteiger partial charge in [-0.25, -0.2) is 19.6 Å². The normalized spacial score (nSPS) is 13.2. The number of esters is 1. The summed E-state index contributed by atoms with van der Waals surface area (Å²) in [6, 6.07) is 13.7. The Bertz CT molecular complexity index is 1790. The van der Waals surface area contributed by atoms with Gasteiger partial charge in [0.1, 0.15) is 16.9 Å². The van der Waals surface area contributed by atoms with E-state index in [1.165, 1.54) is 17.6 Å². The van der Waals surface area contributed by atoms with Crippen molar-refractivity contribution in [3.63, 3.8) is 0 Å². The van der Waals surface area contributed by atoms with Crippen molar-refractivity contribution < 1.29 is 28.6 Å². The van der Waals surface area contributed by atoms with Crippen LogP contribution in [0.3, 0.4) is 0 Å². The van der Waals surface area contributed by atoms with Crippen LogP contribution in [0.15, 0.2) is 59.5 Å². The van der Waals surface area contributed by atoms with Gasteiger partial charge in [-0.2, -0.15) is 0 Å². The van der Waals surface area contributed by atoms with Gasteiger partial charge < -0.3 is 24.4 Å². The zero-order chi connectivity index (χ0) is 32.1. The lowest BCUT2D eigenvalue weighted by Gasteiger charge is -2.33. The number of fused-ring (bicyclic) bond motifs is 2. The van der Waals surface area contributed by atoms with Gasteiger partial charge in [-0.05, 0) is 80.8 Å². The lowest BCUT2D eigenvalue weighted by Crippen LogP contribution is -2.40. The molecule has 1 saturated carbocycles. The van der Waals surface area contributed by atoms with E-state index in [1.54, 1.807) is 35.4 Å². The van der Waals surface area contributed by atoms with E-state index in [-0.39, 0.29) is 36.4 Å². The molecule has 0 unspecified atom stereocenters. The molecule has 12 nitrogen and oxygen atoms in total. The van der Waals surface area contributed by atoms with E-state index in [2.05, 4.69) is 15.3 Å². The third kappa shape index (κ3) is 7.94. The van der Waals surface area contributed by atoms with Gasteiger partial charge >= 0.3 is 12.1 Å². The second-order valence-electron chi connectivity index (χ2n) is 12.1. The molecule has 236 valence electrons. The maximum absolute atomic E-state index is 13.1. The van der Waals surface area contributed by atoms with Gasteiger partial charge in [0.2, 0.25) is 5.88 Å². The Labute approximate surface area is 260 Å². The maximum atomic E-state index is 13.1. The van der Waals surface area contributed by atoms with Gasteiger partial charge in [-0.1, -0.05) is 18.6 Å².